The fourth-order valence-corrected chi connectivity index (χ4v) is 5.25. The molecule has 2 heterocycles. The summed E-state index contributed by atoms with van der Waals surface area (Å²) in [5, 5.41) is 1.84. The van der Waals surface area contributed by atoms with Gasteiger partial charge in [-0.3, -0.25) is 9.69 Å². The Hall–Kier alpha value is -2.57. The molecule has 1 aliphatic heterocycles. The highest BCUT2D eigenvalue weighted by atomic mass is 32.2. The molecular weight excluding hydrogens is 390 g/mol. The largest absolute Gasteiger partial charge is 0.451 e. The SMILES string of the molecule is Cc1ccsc1C(=O)OCC(=O)N1c2ccccc2SC[C@H]1c1ccccc1. The summed E-state index contributed by atoms with van der Waals surface area (Å²) < 4.78 is 5.35. The van der Waals surface area contributed by atoms with Crippen molar-refractivity contribution in [2.24, 2.45) is 0 Å². The second-order valence-corrected chi connectivity index (χ2v) is 8.46. The minimum atomic E-state index is -0.447. The number of thioether (sulfide) groups is 1. The molecular formula is C22H19NO3S2. The Labute approximate surface area is 172 Å². The molecule has 1 aromatic heterocycles. The molecule has 0 unspecified atom stereocenters. The highest BCUT2D eigenvalue weighted by Crippen LogP contribution is 2.43. The van der Waals surface area contributed by atoms with Crippen molar-refractivity contribution in [1.29, 1.82) is 0 Å². The molecule has 0 bridgehead atoms. The molecule has 0 radical (unpaired) electrons. The van der Waals surface area contributed by atoms with E-state index in [1.165, 1.54) is 11.3 Å². The molecule has 4 nitrogen and oxygen atoms in total. The summed E-state index contributed by atoms with van der Waals surface area (Å²) in [6, 6.07) is 19.6. The zero-order valence-corrected chi connectivity index (χ0v) is 17.0. The Bertz CT molecular complexity index is 1000. The average Bonchev–Trinajstić information content (AvgIpc) is 3.17. The van der Waals surface area contributed by atoms with Crippen LogP contribution >= 0.6 is 23.1 Å². The number of hydrogen-bond donors (Lipinski definition) is 0. The fourth-order valence-electron chi connectivity index (χ4n) is 3.26. The van der Waals surface area contributed by atoms with Crippen molar-refractivity contribution in [3.05, 3.63) is 82.0 Å². The van der Waals surface area contributed by atoms with Gasteiger partial charge in [-0.25, -0.2) is 4.79 Å². The molecule has 1 amide bonds. The molecule has 0 aliphatic carbocycles. The number of rotatable bonds is 4. The summed E-state index contributed by atoms with van der Waals surface area (Å²) >= 11 is 3.07. The minimum Gasteiger partial charge on any atom is -0.451 e. The Morgan fingerprint density at radius 1 is 1.07 bits per heavy atom. The minimum absolute atomic E-state index is 0.101. The molecule has 1 aliphatic rings. The van der Waals surface area contributed by atoms with Gasteiger partial charge in [0.05, 0.1) is 11.7 Å². The molecule has 0 fully saturated rings. The molecule has 3 aromatic rings. The number of benzene rings is 2. The number of nitrogens with zero attached hydrogens (tertiary/aromatic N) is 1. The summed E-state index contributed by atoms with van der Waals surface area (Å²) in [5.41, 5.74) is 2.79. The van der Waals surface area contributed by atoms with Crippen LogP contribution in [0, 0.1) is 6.92 Å². The first-order valence-corrected chi connectivity index (χ1v) is 10.8. The third kappa shape index (κ3) is 3.70. The van der Waals surface area contributed by atoms with Crippen molar-refractivity contribution in [2.45, 2.75) is 17.9 Å². The molecule has 2 aromatic carbocycles. The Morgan fingerprint density at radius 3 is 2.57 bits per heavy atom. The van der Waals surface area contributed by atoms with Crippen molar-refractivity contribution in [3.63, 3.8) is 0 Å². The maximum atomic E-state index is 13.1. The number of aryl methyl sites for hydroxylation is 1. The van der Waals surface area contributed by atoms with Crippen LogP contribution in [0.15, 0.2) is 70.9 Å². The smallest absolute Gasteiger partial charge is 0.349 e. The van der Waals surface area contributed by atoms with Crippen LogP contribution in [0.3, 0.4) is 0 Å². The fraction of sp³-hybridized carbons (Fsp3) is 0.182. The van der Waals surface area contributed by atoms with Crippen LogP contribution in [-0.2, 0) is 9.53 Å². The van der Waals surface area contributed by atoms with E-state index in [2.05, 4.69) is 0 Å². The lowest BCUT2D eigenvalue weighted by Gasteiger charge is -2.37. The number of carbonyl (C=O) groups excluding carboxylic acids is 2. The second kappa shape index (κ2) is 8.20. The van der Waals surface area contributed by atoms with Crippen LogP contribution in [0.1, 0.15) is 26.8 Å². The van der Waals surface area contributed by atoms with Crippen LogP contribution in [0.4, 0.5) is 5.69 Å². The molecule has 28 heavy (non-hydrogen) atoms. The van der Waals surface area contributed by atoms with Crippen LogP contribution < -0.4 is 4.90 Å². The number of thiophene rings is 1. The van der Waals surface area contributed by atoms with Gasteiger partial charge < -0.3 is 4.74 Å². The predicted molar refractivity (Wildman–Crippen MR) is 113 cm³/mol. The van der Waals surface area contributed by atoms with E-state index in [-0.39, 0.29) is 18.6 Å². The van der Waals surface area contributed by atoms with Gasteiger partial charge in [0.2, 0.25) is 0 Å². The van der Waals surface area contributed by atoms with Crippen molar-refractivity contribution in [1.82, 2.24) is 0 Å². The zero-order valence-electron chi connectivity index (χ0n) is 15.3. The van der Waals surface area contributed by atoms with Gasteiger partial charge in [-0.15, -0.1) is 23.1 Å². The normalized spacial score (nSPS) is 15.8. The highest BCUT2D eigenvalue weighted by Gasteiger charge is 2.33. The van der Waals surface area contributed by atoms with Crippen LogP contribution in [0.5, 0.6) is 0 Å². The van der Waals surface area contributed by atoms with Gasteiger partial charge in [0, 0.05) is 10.6 Å². The molecule has 0 spiro atoms. The van der Waals surface area contributed by atoms with Gasteiger partial charge in [0.1, 0.15) is 4.88 Å². The molecule has 142 valence electrons. The summed E-state index contributed by atoms with van der Waals surface area (Å²) in [4.78, 5) is 28.8. The second-order valence-electron chi connectivity index (χ2n) is 6.48. The van der Waals surface area contributed by atoms with Gasteiger partial charge in [0.25, 0.3) is 5.91 Å². The first-order chi connectivity index (χ1) is 13.6. The number of amides is 1. The summed E-state index contributed by atoms with van der Waals surface area (Å²) in [7, 11) is 0. The molecule has 4 rings (SSSR count). The van der Waals surface area contributed by atoms with E-state index in [9.17, 15) is 9.59 Å². The van der Waals surface area contributed by atoms with Crippen molar-refractivity contribution >= 4 is 40.7 Å². The van der Waals surface area contributed by atoms with Gasteiger partial charge in [-0.2, -0.15) is 0 Å². The van der Waals surface area contributed by atoms with E-state index in [1.807, 2.05) is 73.0 Å². The number of fused-ring (bicyclic) bond motifs is 1. The summed E-state index contributed by atoms with van der Waals surface area (Å²) in [6.45, 7) is 1.58. The van der Waals surface area contributed by atoms with E-state index in [1.54, 1.807) is 16.7 Å². The Balaban J connectivity index is 1.59. The molecule has 0 N–H and O–H groups in total. The number of ether oxygens (including phenoxy) is 1. The number of para-hydroxylation sites is 1. The highest BCUT2D eigenvalue weighted by molar-refractivity contribution is 7.99. The lowest BCUT2D eigenvalue weighted by atomic mass is 10.1. The van der Waals surface area contributed by atoms with E-state index < -0.39 is 5.97 Å². The number of esters is 1. The summed E-state index contributed by atoms with van der Waals surface area (Å²) in [5.74, 6) is 0.0889. The monoisotopic (exact) mass is 409 g/mol. The molecule has 1 atom stereocenters. The van der Waals surface area contributed by atoms with E-state index >= 15 is 0 Å². The third-order valence-corrected chi connectivity index (χ3v) is 6.80. The molecule has 6 heteroatoms. The Kier molecular flexibility index (Phi) is 5.50. The maximum absolute atomic E-state index is 13.1. The maximum Gasteiger partial charge on any atom is 0.349 e. The summed E-state index contributed by atoms with van der Waals surface area (Å²) in [6.07, 6.45) is 0. The third-order valence-electron chi connectivity index (χ3n) is 4.66. The number of hydrogen-bond acceptors (Lipinski definition) is 5. The zero-order chi connectivity index (χ0) is 19.5. The standard InChI is InChI=1S/C22H19NO3S2/c1-15-11-12-27-21(15)22(25)26-13-20(24)23-17-9-5-6-10-19(17)28-14-18(23)16-7-3-2-4-8-16/h2-12,18H,13-14H2,1H3/t18-/m0/s1. The number of anilines is 1. The van der Waals surface area contributed by atoms with Crippen LogP contribution in [-0.4, -0.2) is 24.2 Å². The average molecular weight is 410 g/mol. The van der Waals surface area contributed by atoms with E-state index in [0.717, 1.165) is 27.5 Å². The molecule has 0 saturated carbocycles. The topological polar surface area (TPSA) is 46.6 Å². The lowest BCUT2D eigenvalue weighted by Crippen LogP contribution is -2.41. The van der Waals surface area contributed by atoms with Gasteiger partial charge in [-0.1, -0.05) is 42.5 Å². The van der Waals surface area contributed by atoms with Crippen molar-refractivity contribution < 1.29 is 14.3 Å². The predicted octanol–water partition coefficient (Wildman–Crippen LogP) is 5.09. The molecule has 0 saturated heterocycles. The first-order valence-electron chi connectivity index (χ1n) is 8.95. The van der Waals surface area contributed by atoms with Crippen LogP contribution in [0.2, 0.25) is 0 Å². The van der Waals surface area contributed by atoms with Crippen molar-refractivity contribution in [2.75, 3.05) is 17.3 Å². The Morgan fingerprint density at radius 2 is 1.82 bits per heavy atom. The lowest BCUT2D eigenvalue weighted by molar-refractivity contribution is -0.122. The van der Waals surface area contributed by atoms with E-state index in [0.29, 0.717) is 4.88 Å². The van der Waals surface area contributed by atoms with Gasteiger partial charge in [0.15, 0.2) is 6.61 Å². The number of carbonyl (C=O) groups is 2. The quantitative estimate of drug-likeness (QED) is 0.563. The van der Waals surface area contributed by atoms with Crippen LogP contribution in [0.25, 0.3) is 0 Å². The van der Waals surface area contributed by atoms with Gasteiger partial charge in [-0.05, 0) is 41.6 Å². The first kappa shape index (κ1) is 18.8. The van der Waals surface area contributed by atoms with E-state index in [4.69, 9.17) is 4.74 Å². The van der Waals surface area contributed by atoms with Crippen molar-refractivity contribution in [3.8, 4) is 0 Å². The van der Waals surface area contributed by atoms with Gasteiger partial charge >= 0.3 is 5.97 Å².